The molecule has 0 aromatic heterocycles. The van der Waals surface area contributed by atoms with Gasteiger partial charge in [0, 0.05) is 6.54 Å². The maximum Gasteiger partial charge on any atom is 0.169 e. The van der Waals surface area contributed by atoms with Crippen molar-refractivity contribution in [1.29, 1.82) is 0 Å². The average Bonchev–Trinajstić information content (AvgIpc) is 3.00. The first-order valence-corrected chi connectivity index (χ1v) is 5.81. The fourth-order valence-corrected chi connectivity index (χ4v) is 1.95. The highest BCUT2D eigenvalue weighted by Gasteiger charge is 2.23. The minimum Gasteiger partial charge on any atom is -0.489 e. The van der Waals surface area contributed by atoms with E-state index in [2.05, 4.69) is 15.9 Å². The van der Waals surface area contributed by atoms with Crippen LogP contribution >= 0.6 is 15.9 Å². The molecule has 0 atom stereocenters. The van der Waals surface area contributed by atoms with Gasteiger partial charge in [0.05, 0.1) is 11.1 Å². The summed E-state index contributed by atoms with van der Waals surface area (Å²) >= 11 is 3.29. The third-order valence-corrected chi connectivity index (χ3v) is 3.04. The Morgan fingerprint density at radius 3 is 2.73 bits per heavy atom. The molecular weight excluding hydrogens is 261 g/mol. The maximum atomic E-state index is 13.6. The van der Waals surface area contributed by atoms with Crippen molar-refractivity contribution in [3.05, 3.63) is 28.0 Å². The fourth-order valence-electron chi connectivity index (χ4n) is 1.35. The molecule has 0 spiro atoms. The lowest BCUT2D eigenvalue weighted by Gasteiger charge is -2.10. The molecule has 0 saturated heterocycles. The van der Waals surface area contributed by atoms with Gasteiger partial charge >= 0.3 is 0 Å². The smallest absolute Gasteiger partial charge is 0.169 e. The van der Waals surface area contributed by atoms with Crippen molar-refractivity contribution in [2.75, 3.05) is 6.61 Å². The molecule has 0 heterocycles. The van der Waals surface area contributed by atoms with Crippen LogP contribution < -0.4 is 10.5 Å². The molecule has 4 heteroatoms. The molecule has 15 heavy (non-hydrogen) atoms. The van der Waals surface area contributed by atoms with E-state index >= 15 is 0 Å². The van der Waals surface area contributed by atoms with E-state index in [1.807, 2.05) is 0 Å². The van der Waals surface area contributed by atoms with Crippen LogP contribution in [0.25, 0.3) is 0 Å². The summed E-state index contributed by atoms with van der Waals surface area (Å²) < 4.78 is 19.6. The number of hydrogen-bond donors (Lipinski definition) is 1. The lowest BCUT2D eigenvalue weighted by Crippen LogP contribution is -2.03. The zero-order chi connectivity index (χ0) is 10.8. The van der Waals surface area contributed by atoms with Crippen LogP contribution in [-0.4, -0.2) is 6.61 Å². The third kappa shape index (κ3) is 2.69. The van der Waals surface area contributed by atoms with Crippen LogP contribution in [0.2, 0.25) is 0 Å². The Hall–Kier alpha value is -0.610. The van der Waals surface area contributed by atoms with Crippen molar-refractivity contribution in [3.63, 3.8) is 0 Å². The summed E-state index contributed by atoms with van der Waals surface area (Å²) in [6.07, 6.45) is 2.39. The monoisotopic (exact) mass is 273 g/mol. The molecule has 1 aromatic rings. The highest BCUT2D eigenvalue weighted by Crippen LogP contribution is 2.33. The second-order valence-electron chi connectivity index (χ2n) is 3.85. The van der Waals surface area contributed by atoms with Crippen LogP contribution in [0.15, 0.2) is 16.6 Å². The van der Waals surface area contributed by atoms with E-state index in [4.69, 9.17) is 10.5 Å². The second kappa shape index (κ2) is 4.49. The van der Waals surface area contributed by atoms with Gasteiger partial charge in [0.1, 0.15) is 0 Å². The highest BCUT2D eigenvalue weighted by molar-refractivity contribution is 9.10. The normalized spacial score (nSPS) is 15.4. The molecule has 1 fully saturated rings. The minimum absolute atomic E-state index is 0.305. The molecule has 0 aliphatic heterocycles. The standard InChI is InChI=1S/C11H13BrFNO/c12-9-3-8(5-14)4-10(13)11(9)15-6-7-1-2-7/h3-4,7H,1-2,5-6,14H2. The van der Waals surface area contributed by atoms with Gasteiger partial charge in [-0.05, 0) is 52.4 Å². The lowest BCUT2D eigenvalue weighted by atomic mass is 10.2. The van der Waals surface area contributed by atoms with Crippen LogP contribution in [-0.2, 0) is 6.54 Å². The van der Waals surface area contributed by atoms with Gasteiger partial charge in [-0.2, -0.15) is 0 Å². The summed E-state index contributed by atoms with van der Waals surface area (Å²) in [5.74, 6) is 0.579. The first-order chi connectivity index (χ1) is 7.20. The number of hydrogen-bond acceptors (Lipinski definition) is 2. The van der Waals surface area contributed by atoms with Gasteiger partial charge in [-0.25, -0.2) is 4.39 Å². The molecule has 0 bridgehead atoms. The number of benzene rings is 1. The third-order valence-electron chi connectivity index (χ3n) is 2.45. The van der Waals surface area contributed by atoms with E-state index in [9.17, 15) is 4.39 Å². The van der Waals surface area contributed by atoms with Gasteiger partial charge in [0.15, 0.2) is 11.6 Å². The van der Waals surface area contributed by atoms with Crippen molar-refractivity contribution < 1.29 is 9.13 Å². The number of rotatable bonds is 4. The van der Waals surface area contributed by atoms with Crippen molar-refractivity contribution >= 4 is 15.9 Å². The molecule has 0 amide bonds. The summed E-state index contributed by atoms with van der Waals surface area (Å²) in [4.78, 5) is 0. The summed E-state index contributed by atoms with van der Waals surface area (Å²) in [7, 11) is 0. The summed E-state index contributed by atoms with van der Waals surface area (Å²) in [6, 6.07) is 3.22. The van der Waals surface area contributed by atoms with Gasteiger partial charge in [-0.15, -0.1) is 0 Å². The van der Waals surface area contributed by atoms with Crippen LogP contribution in [0.3, 0.4) is 0 Å². The molecule has 2 N–H and O–H groups in total. The van der Waals surface area contributed by atoms with Crippen molar-refractivity contribution in [2.45, 2.75) is 19.4 Å². The van der Waals surface area contributed by atoms with Gasteiger partial charge in [0.2, 0.25) is 0 Å². The Kier molecular flexibility index (Phi) is 3.26. The Balaban J connectivity index is 2.13. The maximum absolute atomic E-state index is 13.6. The Morgan fingerprint density at radius 2 is 2.20 bits per heavy atom. The van der Waals surface area contributed by atoms with Gasteiger partial charge in [-0.1, -0.05) is 0 Å². The average molecular weight is 274 g/mol. The lowest BCUT2D eigenvalue weighted by molar-refractivity contribution is 0.283. The molecule has 2 nitrogen and oxygen atoms in total. The summed E-state index contributed by atoms with van der Waals surface area (Å²) in [5, 5.41) is 0. The van der Waals surface area contributed by atoms with Crippen molar-refractivity contribution in [2.24, 2.45) is 11.7 Å². The van der Waals surface area contributed by atoms with Crippen LogP contribution in [0.4, 0.5) is 4.39 Å². The van der Waals surface area contributed by atoms with E-state index < -0.39 is 0 Å². The van der Waals surface area contributed by atoms with Crippen LogP contribution in [0.1, 0.15) is 18.4 Å². The molecule has 0 unspecified atom stereocenters. The molecule has 1 aliphatic rings. The topological polar surface area (TPSA) is 35.2 Å². The fraction of sp³-hybridized carbons (Fsp3) is 0.455. The Labute approximate surface area is 96.7 Å². The van der Waals surface area contributed by atoms with Gasteiger partial charge in [-0.3, -0.25) is 0 Å². The molecule has 1 aromatic carbocycles. The quantitative estimate of drug-likeness (QED) is 0.916. The SMILES string of the molecule is NCc1cc(F)c(OCC2CC2)c(Br)c1. The number of nitrogens with two attached hydrogens (primary N) is 1. The van der Waals surface area contributed by atoms with Crippen LogP contribution in [0.5, 0.6) is 5.75 Å². The van der Waals surface area contributed by atoms with Gasteiger partial charge in [0.25, 0.3) is 0 Å². The molecule has 0 radical (unpaired) electrons. The summed E-state index contributed by atoms with van der Waals surface area (Å²) in [5.41, 5.74) is 6.20. The molecule has 1 saturated carbocycles. The zero-order valence-electron chi connectivity index (χ0n) is 8.30. The number of ether oxygens (including phenoxy) is 1. The van der Waals surface area contributed by atoms with Crippen molar-refractivity contribution in [1.82, 2.24) is 0 Å². The largest absolute Gasteiger partial charge is 0.489 e. The predicted molar refractivity (Wildman–Crippen MR) is 60.2 cm³/mol. The minimum atomic E-state index is -0.342. The highest BCUT2D eigenvalue weighted by atomic mass is 79.9. The van der Waals surface area contributed by atoms with E-state index in [0.29, 0.717) is 29.3 Å². The first kappa shape index (κ1) is 10.9. The zero-order valence-corrected chi connectivity index (χ0v) is 9.89. The Bertz CT molecular complexity index is 343. The van der Waals surface area contributed by atoms with E-state index in [0.717, 1.165) is 5.56 Å². The van der Waals surface area contributed by atoms with E-state index in [-0.39, 0.29) is 5.82 Å². The number of halogens is 2. The molecule has 2 rings (SSSR count). The predicted octanol–water partition coefficient (Wildman–Crippen LogP) is 2.84. The molecule has 82 valence electrons. The van der Waals surface area contributed by atoms with Gasteiger partial charge < -0.3 is 10.5 Å². The van der Waals surface area contributed by atoms with E-state index in [1.165, 1.54) is 18.9 Å². The van der Waals surface area contributed by atoms with Crippen molar-refractivity contribution in [3.8, 4) is 5.75 Å². The summed E-state index contributed by atoms with van der Waals surface area (Å²) in [6.45, 7) is 0.940. The Morgan fingerprint density at radius 1 is 1.47 bits per heavy atom. The molecular formula is C11H13BrFNO. The van der Waals surface area contributed by atoms with Crippen LogP contribution in [0, 0.1) is 11.7 Å². The molecule has 1 aliphatic carbocycles. The second-order valence-corrected chi connectivity index (χ2v) is 4.70. The first-order valence-electron chi connectivity index (χ1n) is 5.01. The van der Waals surface area contributed by atoms with E-state index in [1.54, 1.807) is 6.07 Å².